The Morgan fingerprint density at radius 3 is 2.17 bits per heavy atom. The van der Waals surface area contributed by atoms with Crippen LogP contribution in [0.5, 0.6) is 0 Å². The topological polar surface area (TPSA) is 32.7 Å². The van der Waals surface area contributed by atoms with Crippen molar-refractivity contribution < 1.29 is 9.84 Å². The van der Waals surface area contributed by atoms with E-state index in [9.17, 15) is 5.11 Å². The SMILES string of the molecule is CC(C)CC(C)CC(O)C(C)(C)N1CCOCC1. The summed E-state index contributed by atoms with van der Waals surface area (Å²) in [6.45, 7) is 14.5. The van der Waals surface area contributed by atoms with Crippen LogP contribution in [0.2, 0.25) is 0 Å². The minimum absolute atomic E-state index is 0.144. The smallest absolute Gasteiger partial charge is 0.0721 e. The second-order valence-corrected chi connectivity index (χ2v) is 6.74. The monoisotopic (exact) mass is 257 g/mol. The number of rotatable bonds is 6. The summed E-state index contributed by atoms with van der Waals surface area (Å²) in [6, 6.07) is 0. The Bertz CT molecular complexity index is 235. The normalized spacial score (nSPS) is 22.2. The maximum absolute atomic E-state index is 10.5. The zero-order valence-corrected chi connectivity index (χ0v) is 12.8. The van der Waals surface area contributed by atoms with Crippen molar-refractivity contribution in [3.63, 3.8) is 0 Å². The summed E-state index contributed by atoms with van der Waals surface area (Å²) in [4.78, 5) is 2.36. The molecule has 2 unspecified atom stereocenters. The van der Waals surface area contributed by atoms with Gasteiger partial charge in [-0.1, -0.05) is 20.8 Å². The van der Waals surface area contributed by atoms with E-state index in [4.69, 9.17) is 4.74 Å². The fraction of sp³-hybridized carbons (Fsp3) is 1.00. The molecule has 0 amide bonds. The molecule has 0 aromatic rings. The minimum Gasteiger partial charge on any atom is -0.391 e. The molecule has 0 aromatic heterocycles. The van der Waals surface area contributed by atoms with E-state index in [1.807, 2.05) is 0 Å². The lowest BCUT2D eigenvalue weighted by Crippen LogP contribution is -2.56. The molecule has 0 spiro atoms. The lowest BCUT2D eigenvalue weighted by atomic mass is 9.85. The van der Waals surface area contributed by atoms with Gasteiger partial charge in [0.1, 0.15) is 0 Å². The Labute approximate surface area is 113 Å². The lowest BCUT2D eigenvalue weighted by Gasteiger charge is -2.44. The van der Waals surface area contributed by atoms with E-state index in [-0.39, 0.29) is 11.6 Å². The molecule has 0 aliphatic carbocycles. The molecule has 0 saturated carbocycles. The molecular formula is C15H31NO2. The molecule has 0 bridgehead atoms. The summed E-state index contributed by atoms with van der Waals surface area (Å²) in [6.07, 6.45) is 1.82. The van der Waals surface area contributed by atoms with Gasteiger partial charge in [-0.15, -0.1) is 0 Å². The van der Waals surface area contributed by atoms with Gasteiger partial charge in [-0.3, -0.25) is 4.90 Å². The van der Waals surface area contributed by atoms with Gasteiger partial charge < -0.3 is 9.84 Å². The molecule has 18 heavy (non-hydrogen) atoms. The fourth-order valence-electron chi connectivity index (χ4n) is 2.92. The first-order valence-electron chi connectivity index (χ1n) is 7.35. The second kappa shape index (κ2) is 6.88. The van der Waals surface area contributed by atoms with Crippen molar-refractivity contribution in [1.82, 2.24) is 4.90 Å². The largest absolute Gasteiger partial charge is 0.391 e. The summed E-state index contributed by atoms with van der Waals surface area (Å²) >= 11 is 0. The predicted molar refractivity (Wildman–Crippen MR) is 75.7 cm³/mol. The highest BCUT2D eigenvalue weighted by Gasteiger charge is 2.35. The molecule has 3 nitrogen and oxygen atoms in total. The van der Waals surface area contributed by atoms with Crippen molar-refractivity contribution in [2.45, 2.75) is 59.1 Å². The summed E-state index contributed by atoms with van der Waals surface area (Å²) in [5.41, 5.74) is -0.144. The molecule has 1 N–H and O–H groups in total. The van der Waals surface area contributed by atoms with Crippen molar-refractivity contribution in [1.29, 1.82) is 0 Å². The third-order valence-electron chi connectivity index (χ3n) is 4.14. The summed E-state index contributed by atoms with van der Waals surface area (Å²) in [5, 5.41) is 10.5. The van der Waals surface area contributed by atoms with Gasteiger partial charge >= 0.3 is 0 Å². The second-order valence-electron chi connectivity index (χ2n) is 6.74. The molecule has 2 atom stereocenters. The van der Waals surface area contributed by atoms with Gasteiger partial charge in [-0.2, -0.15) is 0 Å². The maximum Gasteiger partial charge on any atom is 0.0721 e. The Hall–Kier alpha value is -0.120. The zero-order valence-electron chi connectivity index (χ0n) is 12.8. The van der Waals surface area contributed by atoms with E-state index in [1.54, 1.807) is 0 Å². The van der Waals surface area contributed by atoms with Crippen LogP contribution in [-0.2, 0) is 4.74 Å². The van der Waals surface area contributed by atoms with Crippen LogP contribution in [0.3, 0.4) is 0 Å². The van der Waals surface area contributed by atoms with Crippen LogP contribution >= 0.6 is 0 Å². The summed E-state index contributed by atoms with van der Waals surface area (Å²) < 4.78 is 5.39. The van der Waals surface area contributed by atoms with Crippen molar-refractivity contribution in [2.75, 3.05) is 26.3 Å². The highest BCUT2D eigenvalue weighted by atomic mass is 16.5. The number of hydrogen-bond donors (Lipinski definition) is 1. The lowest BCUT2D eigenvalue weighted by molar-refractivity contribution is -0.0679. The van der Waals surface area contributed by atoms with Crippen molar-refractivity contribution in [2.24, 2.45) is 11.8 Å². The number of nitrogens with zero attached hydrogens (tertiary/aromatic N) is 1. The highest BCUT2D eigenvalue weighted by molar-refractivity contribution is 4.90. The van der Waals surface area contributed by atoms with E-state index in [0.29, 0.717) is 11.8 Å². The van der Waals surface area contributed by atoms with Crippen LogP contribution in [-0.4, -0.2) is 48.0 Å². The number of aliphatic hydroxyl groups excluding tert-OH is 1. The van der Waals surface area contributed by atoms with Crippen molar-refractivity contribution in [3.05, 3.63) is 0 Å². The van der Waals surface area contributed by atoms with E-state index in [0.717, 1.165) is 32.7 Å². The van der Waals surface area contributed by atoms with E-state index in [1.165, 1.54) is 6.42 Å². The van der Waals surface area contributed by atoms with E-state index < -0.39 is 0 Å². The van der Waals surface area contributed by atoms with Crippen LogP contribution in [0.1, 0.15) is 47.5 Å². The summed E-state index contributed by atoms with van der Waals surface area (Å²) in [7, 11) is 0. The van der Waals surface area contributed by atoms with E-state index >= 15 is 0 Å². The van der Waals surface area contributed by atoms with Crippen LogP contribution in [0.4, 0.5) is 0 Å². The first kappa shape index (κ1) is 15.9. The fourth-order valence-corrected chi connectivity index (χ4v) is 2.92. The van der Waals surface area contributed by atoms with Crippen LogP contribution in [0.15, 0.2) is 0 Å². The first-order chi connectivity index (χ1) is 8.34. The van der Waals surface area contributed by atoms with Gasteiger partial charge in [0.25, 0.3) is 0 Å². The molecule has 1 heterocycles. The van der Waals surface area contributed by atoms with Crippen LogP contribution < -0.4 is 0 Å². The molecule has 1 saturated heterocycles. The third-order valence-corrected chi connectivity index (χ3v) is 4.14. The van der Waals surface area contributed by atoms with Crippen molar-refractivity contribution in [3.8, 4) is 0 Å². The van der Waals surface area contributed by atoms with E-state index in [2.05, 4.69) is 39.5 Å². The highest BCUT2D eigenvalue weighted by Crippen LogP contribution is 2.27. The first-order valence-corrected chi connectivity index (χ1v) is 7.35. The van der Waals surface area contributed by atoms with Crippen LogP contribution in [0.25, 0.3) is 0 Å². The Morgan fingerprint density at radius 2 is 1.67 bits per heavy atom. The van der Waals surface area contributed by atoms with Gasteiger partial charge in [0.2, 0.25) is 0 Å². The Morgan fingerprint density at radius 1 is 1.11 bits per heavy atom. The number of ether oxygens (including phenoxy) is 1. The number of hydrogen-bond acceptors (Lipinski definition) is 3. The zero-order chi connectivity index (χ0) is 13.8. The van der Waals surface area contributed by atoms with Crippen LogP contribution in [0, 0.1) is 11.8 Å². The van der Waals surface area contributed by atoms with Crippen molar-refractivity contribution >= 4 is 0 Å². The minimum atomic E-state index is -0.260. The van der Waals surface area contributed by atoms with Gasteiger partial charge in [0.05, 0.1) is 19.3 Å². The Kier molecular flexibility index (Phi) is 6.09. The molecule has 1 fully saturated rings. The maximum atomic E-state index is 10.5. The number of morpholine rings is 1. The molecule has 1 aliphatic heterocycles. The van der Waals surface area contributed by atoms with Gasteiger partial charge in [-0.25, -0.2) is 0 Å². The Balaban J connectivity index is 2.49. The molecule has 0 radical (unpaired) electrons. The third kappa shape index (κ3) is 4.52. The quantitative estimate of drug-likeness (QED) is 0.793. The molecule has 108 valence electrons. The number of aliphatic hydroxyl groups is 1. The van der Waals surface area contributed by atoms with Gasteiger partial charge in [0.15, 0.2) is 0 Å². The molecular weight excluding hydrogens is 226 g/mol. The predicted octanol–water partition coefficient (Wildman–Crippen LogP) is 2.53. The molecule has 3 heteroatoms. The van der Waals surface area contributed by atoms with Gasteiger partial charge in [0, 0.05) is 18.6 Å². The average molecular weight is 257 g/mol. The molecule has 0 aromatic carbocycles. The average Bonchev–Trinajstić information content (AvgIpc) is 2.28. The molecule has 1 aliphatic rings. The molecule has 1 rings (SSSR count). The standard InChI is InChI=1S/C15H31NO2/c1-12(2)10-13(3)11-14(17)15(4,5)16-6-8-18-9-7-16/h12-14,17H,6-11H2,1-5H3. The summed E-state index contributed by atoms with van der Waals surface area (Å²) in [5.74, 6) is 1.29. The van der Waals surface area contributed by atoms with Gasteiger partial charge in [-0.05, 0) is 38.5 Å².